The molecule has 1 aromatic rings. The summed E-state index contributed by atoms with van der Waals surface area (Å²) in [4.78, 5) is 24.6. The number of likely N-dealkylation sites (tertiary alicyclic amines) is 1. The zero-order chi connectivity index (χ0) is 14.5. The molecule has 0 radical (unpaired) electrons. The highest BCUT2D eigenvalue weighted by Gasteiger charge is 2.42. The maximum Gasteiger partial charge on any atom is 0.410 e. The molecule has 1 aliphatic rings. The van der Waals surface area contributed by atoms with Crippen LogP contribution in [0.15, 0.2) is 30.3 Å². The largest absolute Gasteiger partial charge is 0.480 e. The Morgan fingerprint density at radius 2 is 2.10 bits per heavy atom. The van der Waals surface area contributed by atoms with Crippen LogP contribution >= 0.6 is 11.8 Å². The summed E-state index contributed by atoms with van der Waals surface area (Å²) >= 11 is 1.47. The smallest absolute Gasteiger partial charge is 0.410 e. The van der Waals surface area contributed by atoms with Crippen molar-refractivity contribution in [2.24, 2.45) is 0 Å². The summed E-state index contributed by atoms with van der Waals surface area (Å²) in [7, 11) is 0. The van der Waals surface area contributed by atoms with Crippen molar-refractivity contribution >= 4 is 23.8 Å². The van der Waals surface area contributed by atoms with Crippen molar-refractivity contribution < 1.29 is 19.4 Å². The van der Waals surface area contributed by atoms with Crippen molar-refractivity contribution in [1.29, 1.82) is 0 Å². The molecule has 0 saturated carbocycles. The number of carbonyl (C=O) groups excluding carboxylic acids is 1. The van der Waals surface area contributed by atoms with Crippen molar-refractivity contribution in [3.8, 4) is 0 Å². The zero-order valence-electron chi connectivity index (χ0n) is 11.2. The van der Waals surface area contributed by atoms with Crippen molar-refractivity contribution in [2.45, 2.75) is 24.3 Å². The van der Waals surface area contributed by atoms with E-state index in [2.05, 4.69) is 0 Å². The molecular weight excluding hydrogens is 278 g/mol. The normalized spacial score (nSPS) is 21.8. The Morgan fingerprint density at radius 1 is 1.40 bits per heavy atom. The Labute approximate surface area is 121 Å². The van der Waals surface area contributed by atoms with Crippen LogP contribution in [0, 0.1) is 0 Å². The third-order valence-corrected chi connectivity index (χ3v) is 4.44. The first-order valence-corrected chi connectivity index (χ1v) is 7.65. The average molecular weight is 295 g/mol. The van der Waals surface area contributed by atoms with Crippen molar-refractivity contribution in [3.05, 3.63) is 35.9 Å². The molecule has 0 spiro atoms. The molecule has 1 aromatic carbocycles. The maximum absolute atomic E-state index is 12.0. The number of hydrogen-bond donors (Lipinski definition) is 1. The van der Waals surface area contributed by atoms with Gasteiger partial charge in [-0.15, -0.1) is 0 Å². The molecule has 20 heavy (non-hydrogen) atoms. The lowest BCUT2D eigenvalue weighted by atomic mass is 10.2. The van der Waals surface area contributed by atoms with Gasteiger partial charge < -0.3 is 9.84 Å². The van der Waals surface area contributed by atoms with Crippen LogP contribution in [0.3, 0.4) is 0 Å². The topological polar surface area (TPSA) is 66.8 Å². The van der Waals surface area contributed by atoms with Gasteiger partial charge in [0.05, 0.1) is 0 Å². The second-order valence-electron chi connectivity index (χ2n) is 4.58. The third kappa shape index (κ3) is 3.25. The van der Waals surface area contributed by atoms with E-state index in [4.69, 9.17) is 4.74 Å². The SMILES string of the molecule is CSC1CCN(C(=O)OCc2ccccc2)[C@@H]1C(=O)O. The summed E-state index contributed by atoms with van der Waals surface area (Å²) in [5, 5.41) is 9.18. The van der Waals surface area contributed by atoms with Gasteiger partial charge in [-0.2, -0.15) is 11.8 Å². The van der Waals surface area contributed by atoms with E-state index >= 15 is 0 Å². The molecule has 1 aliphatic heterocycles. The molecule has 1 heterocycles. The number of carbonyl (C=O) groups is 2. The molecule has 2 atom stereocenters. The minimum Gasteiger partial charge on any atom is -0.480 e. The van der Waals surface area contributed by atoms with Crippen LogP contribution in [0.5, 0.6) is 0 Å². The molecule has 0 bridgehead atoms. The molecule has 1 amide bonds. The van der Waals surface area contributed by atoms with Crippen LogP contribution < -0.4 is 0 Å². The van der Waals surface area contributed by atoms with Crippen molar-refractivity contribution in [2.75, 3.05) is 12.8 Å². The number of aliphatic carboxylic acids is 1. The highest BCUT2D eigenvalue weighted by Crippen LogP contribution is 2.28. The first kappa shape index (κ1) is 14.7. The summed E-state index contributed by atoms with van der Waals surface area (Å²) < 4.78 is 5.20. The van der Waals surface area contributed by atoms with Gasteiger partial charge in [0.15, 0.2) is 0 Å². The van der Waals surface area contributed by atoms with Gasteiger partial charge in [0.1, 0.15) is 12.6 Å². The third-order valence-electron chi connectivity index (χ3n) is 3.34. The molecule has 0 aliphatic carbocycles. The van der Waals surface area contributed by atoms with Gasteiger partial charge in [0, 0.05) is 11.8 Å². The number of amides is 1. The first-order valence-electron chi connectivity index (χ1n) is 6.36. The Kier molecular flexibility index (Phi) is 4.89. The standard InChI is InChI=1S/C14H17NO4S/c1-20-11-7-8-15(12(11)13(16)17)14(18)19-9-10-5-3-2-4-6-10/h2-6,11-12H,7-9H2,1H3,(H,16,17)/t11?,12-/m0/s1. The molecule has 1 saturated heterocycles. The fourth-order valence-corrected chi connectivity index (χ4v) is 3.17. The van der Waals surface area contributed by atoms with E-state index in [1.807, 2.05) is 36.6 Å². The van der Waals surface area contributed by atoms with Gasteiger partial charge in [-0.25, -0.2) is 9.59 Å². The summed E-state index contributed by atoms with van der Waals surface area (Å²) in [5.74, 6) is -0.974. The summed E-state index contributed by atoms with van der Waals surface area (Å²) in [5.41, 5.74) is 0.883. The van der Waals surface area contributed by atoms with E-state index < -0.39 is 18.1 Å². The molecule has 1 fully saturated rings. The Morgan fingerprint density at radius 3 is 2.70 bits per heavy atom. The van der Waals surface area contributed by atoms with Gasteiger partial charge in [-0.1, -0.05) is 30.3 Å². The monoisotopic (exact) mass is 295 g/mol. The predicted molar refractivity (Wildman–Crippen MR) is 76.7 cm³/mol. The average Bonchev–Trinajstić information content (AvgIpc) is 2.90. The Balaban J connectivity index is 1.96. The van der Waals surface area contributed by atoms with Gasteiger partial charge in [-0.05, 0) is 18.2 Å². The van der Waals surface area contributed by atoms with Crippen LogP contribution in [0.25, 0.3) is 0 Å². The number of ether oxygens (including phenoxy) is 1. The molecule has 5 nitrogen and oxygen atoms in total. The van der Waals surface area contributed by atoms with Gasteiger partial charge in [0.2, 0.25) is 0 Å². The molecule has 108 valence electrons. The minimum atomic E-state index is -0.974. The summed E-state index contributed by atoms with van der Waals surface area (Å²) in [6.45, 7) is 0.586. The Bertz CT molecular complexity index is 479. The van der Waals surface area contributed by atoms with E-state index in [-0.39, 0.29) is 11.9 Å². The van der Waals surface area contributed by atoms with Gasteiger partial charge >= 0.3 is 12.1 Å². The lowest BCUT2D eigenvalue weighted by Crippen LogP contribution is -2.44. The van der Waals surface area contributed by atoms with E-state index in [9.17, 15) is 14.7 Å². The van der Waals surface area contributed by atoms with Crippen molar-refractivity contribution in [1.82, 2.24) is 4.90 Å². The molecule has 1 N–H and O–H groups in total. The lowest BCUT2D eigenvalue weighted by molar-refractivity contribution is -0.141. The number of nitrogens with zero attached hydrogens (tertiary/aromatic N) is 1. The number of carboxylic acid groups (broad SMARTS) is 1. The second kappa shape index (κ2) is 6.65. The van der Waals surface area contributed by atoms with Crippen LogP contribution in [-0.2, 0) is 16.1 Å². The van der Waals surface area contributed by atoms with Crippen LogP contribution in [-0.4, -0.2) is 46.2 Å². The molecule has 0 aromatic heterocycles. The lowest BCUT2D eigenvalue weighted by Gasteiger charge is -2.23. The quantitative estimate of drug-likeness (QED) is 0.922. The van der Waals surface area contributed by atoms with E-state index in [1.54, 1.807) is 0 Å². The first-order chi connectivity index (χ1) is 9.63. The highest BCUT2D eigenvalue weighted by molar-refractivity contribution is 7.99. The molecular formula is C14H17NO4S. The summed E-state index contributed by atoms with van der Waals surface area (Å²) in [6.07, 6.45) is 1.98. The van der Waals surface area contributed by atoms with E-state index in [0.717, 1.165) is 5.56 Å². The molecule has 2 rings (SSSR count). The maximum atomic E-state index is 12.0. The molecule has 6 heteroatoms. The Hall–Kier alpha value is -1.69. The minimum absolute atomic E-state index is 0.0724. The van der Waals surface area contributed by atoms with E-state index in [0.29, 0.717) is 13.0 Å². The fourth-order valence-electron chi connectivity index (χ4n) is 2.31. The van der Waals surface area contributed by atoms with Crippen LogP contribution in [0.2, 0.25) is 0 Å². The zero-order valence-corrected chi connectivity index (χ0v) is 12.0. The molecule has 1 unspecified atom stereocenters. The second-order valence-corrected chi connectivity index (χ2v) is 5.66. The van der Waals surface area contributed by atoms with Gasteiger partial charge in [-0.3, -0.25) is 4.90 Å². The number of rotatable bonds is 4. The van der Waals surface area contributed by atoms with Gasteiger partial charge in [0.25, 0.3) is 0 Å². The van der Waals surface area contributed by atoms with Crippen molar-refractivity contribution in [3.63, 3.8) is 0 Å². The number of benzene rings is 1. The van der Waals surface area contributed by atoms with Crippen LogP contribution in [0.4, 0.5) is 4.79 Å². The number of carboxylic acids is 1. The summed E-state index contributed by atoms with van der Waals surface area (Å²) in [6, 6.07) is 8.53. The number of hydrogen-bond acceptors (Lipinski definition) is 4. The number of thioether (sulfide) groups is 1. The van der Waals surface area contributed by atoms with E-state index in [1.165, 1.54) is 16.7 Å². The predicted octanol–water partition coefficient (Wildman–Crippen LogP) is 2.21. The van der Waals surface area contributed by atoms with Crippen LogP contribution in [0.1, 0.15) is 12.0 Å². The highest BCUT2D eigenvalue weighted by atomic mass is 32.2. The fraction of sp³-hybridized carbons (Fsp3) is 0.429.